The summed E-state index contributed by atoms with van der Waals surface area (Å²) < 4.78 is 5.52. The van der Waals surface area contributed by atoms with Crippen molar-refractivity contribution in [2.24, 2.45) is 0 Å². The average molecular weight is 442 g/mol. The smallest absolute Gasteiger partial charge is 0.410 e. The zero-order valence-electron chi connectivity index (χ0n) is 19.2. The molecule has 0 bridgehead atoms. The first-order valence-corrected chi connectivity index (χ1v) is 11.2. The van der Waals surface area contributed by atoms with Gasteiger partial charge < -0.3 is 14.5 Å². The quantitative estimate of drug-likeness (QED) is 0.441. The van der Waals surface area contributed by atoms with Gasteiger partial charge in [-0.15, -0.1) is 0 Å². The Hall–Kier alpha value is -3.74. The Bertz CT molecular complexity index is 1320. The number of aromatic nitrogens is 3. The summed E-state index contributed by atoms with van der Waals surface area (Å²) >= 11 is 0. The van der Waals surface area contributed by atoms with Gasteiger partial charge in [0.2, 0.25) is 5.95 Å². The molecule has 7 nitrogen and oxygen atoms in total. The largest absolute Gasteiger partial charge is 0.444 e. The van der Waals surface area contributed by atoms with E-state index in [4.69, 9.17) is 14.7 Å². The second kappa shape index (κ2) is 8.31. The number of hydrogen-bond acceptors (Lipinski definition) is 6. The number of nitrogens with zero attached hydrogens (tertiary/aromatic N) is 5. The van der Waals surface area contributed by atoms with Crippen LogP contribution in [0.2, 0.25) is 0 Å². The molecule has 1 saturated heterocycles. The van der Waals surface area contributed by atoms with Crippen LogP contribution >= 0.6 is 0 Å². The predicted octanol–water partition coefficient (Wildman–Crippen LogP) is 4.90. The monoisotopic (exact) mass is 441 g/mol. The second-order valence-electron chi connectivity index (χ2n) is 9.26. The van der Waals surface area contributed by atoms with Gasteiger partial charge in [-0.25, -0.2) is 14.8 Å². The second-order valence-corrected chi connectivity index (χ2v) is 9.26. The Morgan fingerprint density at radius 1 is 0.909 bits per heavy atom. The van der Waals surface area contributed by atoms with Gasteiger partial charge in [-0.3, -0.25) is 4.98 Å². The molecule has 1 amide bonds. The molecule has 33 heavy (non-hydrogen) atoms. The molecule has 4 aromatic rings. The number of fused-ring (bicyclic) bond motifs is 2. The van der Waals surface area contributed by atoms with E-state index in [0.717, 1.165) is 33.1 Å². The predicted molar refractivity (Wildman–Crippen MR) is 130 cm³/mol. The van der Waals surface area contributed by atoms with E-state index in [1.165, 1.54) is 0 Å². The van der Waals surface area contributed by atoms with Gasteiger partial charge >= 0.3 is 6.09 Å². The molecule has 1 aliphatic heterocycles. The highest BCUT2D eigenvalue weighted by atomic mass is 16.6. The highest BCUT2D eigenvalue weighted by molar-refractivity contribution is 5.95. The number of benzene rings is 2. The number of rotatable bonds is 2. The van der Waals surface area contributed by atoms with Crippen molar-refractivity contribution in [3.05, 3.63) is 60.8 Å². The molecule has 168 valence electrons. The summed E-state index contributed by atoms with van der Waals surface area (Å²) in [5.41, 5.74) is 3.17. The lowest BCUT2D eigenvalue weighted by molar-refractivity contribution is 0.0240. The van der Waals surface area contributed by atoms with Crippen LogP contribution < -0.4 is 4.90 Å². The molecule has 0 saturated carbocycles. The van der Waals surface area contributed by atoms with Gasteiger partial charge in [-0.05, 0) is 39.0 Å². The van der Waals surface area contributed by atoms with Crippen molar-refractivity contribution < 1.29 is 9.53 Å². The Balaban J connectivity index is 1.46. The molecule has 2 aromatic heterocycles. The Morgan fingerprint density at radius 3 is 2.36 bits per heavy atom. The van der Waals surface area contributed by atoms with E-state index in [-0.39, 0.29) is 6.09 Å². The molecular formula is C26H27N5O2. The normalized spacial score (nSPS) is 14.6. The number of hydrogen-bond donors (Lipinski definition) is 0. The van der Waals surface area contributed by atoms with E-state index in [1.54, 1.807) is 4.90 Å². The van der Waals surface area contributed by atoms with Gasteiger partial charge in [0.1, 0.15) is 5.60 Å². The summed E-state index contributed by atoms with van der Waals surface area (Å²) in [7, 11) is 0. The molecule has 0 aliphatic carbocycles. The molecule has 5 rings (SSSR count). The number of anilines is 1. The Kier molecular flexibility index (Phi) is 5.32. The number of carbonyl (C=O) groups is 1. The highest BCUT2D eigenvalue weighted by Gasteiger charge is 2.27. The molecule has 0 unspecified atom stereocenters. The fourth-order valence-electron chi connectivity index (χ4n) is 4.04. The first kappa shape index (κ1) is 21.1. The summed E-state index contributed by atoms with van der Waals surface area (Å²) in [6, 6.07) is 18.2. The van der Waals surface area contributed by atoms with Gasteiger partial charge in [0.05, 0.1) is 16.7 Å². The van der Waals surface area contributed by atoms with Crippen LogP contribution in [-0.2, 0) is 4.74 Å². The van der Waals surface area contributed by atoms with Crippen molar-refractivity contribution in [2.45, 2.75) is 26.4 Å². The van der Waals surface area contributed by atoms with Gasteiger partial charge in [0.25, 0.3) is 0 Å². The average Bonchev–Trinajstić information content (AvgIpc) is 2.82. The number of amides is 1. The maximum atomic E-state index is 12.4. The van der Waals surface area contributed by atoms with E-state index in [2.05, 4.69) is 22.0 Å². The van der Waals surface area contributed by atoms with Crippen LogP contribution in [0.3, 0.4) is 0 Å². The number of piperazine rings is 1. The maximum absolute atomic E-state index is 12.4. The topological polar surface area (TPSA) is 71.5 Å². The van der Waals surface area contributed by atoms with Gasteiger partial charge in [-0.1, -0.05) is 36.4 Å². The minimum absolute atomic E-state index is 0.274. The Morgan fingerprint density at radius 2 is 1.61 bits per heavy atom. The lowest BCUT2D eigenvalue weighted by atomic mass is 10.1. The van der Waals surface area contributed by atoms with Crippen LogP contribution in [-0.4, -0.2) is 57.7 Å². The van der Waals surface area contributed by atoms with Crippen LogP contribution in [0.5, 0.6) is 0 Å². The zero-order chi connectivity index (χ0) is 23.0. The van der Waals surface area contributed by atoms with Crippen molar-refractivity contribution in [3.63, 3.8) is 0 Å². The third-order valence-corrected chi connectivity index (χ3v) is 5.67. The van der Waals surface area contributed by atoms with Gasteiger partial charge in [-0.2, -0.15) is 0 Å². The summed E-state index contributed by atoms with van der Waals surface area (Å²) in [6.45, 7) is 8.07. The Labute approximate surface area is 193 Å². The SMILES string of the molecule is CC(C)(C)OC(=O)N1CCN(c2nc(-c3cnc4ccccc4c3)c3ccccc3n2)CC1. The summed E-state index contributed by atoms with van der Waals surface area (Å²) in [5, 5.41) is 2.07. The van der Waals surface area contributed by atoms with E-state index in [1.807, 2.05) is 69.4 Å². The molecule has 0 atom stereocenters. The van der Waals surface area contributed by atoms with Crippen LogP contribution in [0.15, 0.2) is 60.8 Å². The maximum Gasteiger partial charge on any atom is 0.410 e. The first-order valence-electron chi connectivity index (χ1n) is 11.2. The first-order chi connectivity index (χ1) is 15.9. The fraction of sp³-hybridized carbons (Fsp3) is 0.308. The lowest BCUT2D eigenvalue weighted by Crippen LogP contribution is -2.50. The third kappa shape index (κ3) is 4.44. The lowest BCUT2D eigenvalue weighted by Gasteiger charge is -2.35. The standard InChI is InChI=1S/C26H27N5O2/c1-26(2,3)33-25(32)31-14-12-30(13-15-31)24-28-22-11-7-5-9-20(22)23(29-24)19-16-18-8-4-6-10-21(18)27-17-19/h4-11,16-17H,12-15H2,1-3H3. The van der Waals surface area contributed by atoms with E-state index in [0.29, 0.717) is 32.1 Å². The van der Waals surface area contributed by atoms with Crippen molar-refractivity contribution in [1.29, 1.82) is 0 Å². The van der Waals surface area contributed by atoms with Crippen molar-refractivity contribution in [1.82, 2.24) is 19.9 Å². The molecule has 7 heteroatoms. The number of pyridine rings is 1. The third-order valence-electron chi connectivity index (χ3n) is 5.67. The van der Waals surface area contributed by atoms with E-state index in [9.17, 15) is 4.79 Å². The molecule has 0 radical (unpaired) electrons. The fourth-order valence-corrected chi connectivity index (χ4v) is 4.04. The molecule has 1 fully saturated rings. The van der Waals surface area contributed by atoms with Crippen LogP contribution in [0.25, 0.3) is 33.1 Å². The summed E-state index contributed by atoms with van der Waals surface area (Å²) in [6.07, 6.45) is 1.60. The summed E-state index contributed by atoms with van der Waals surface area (Å²) in [5.74, 6) is 0.667. The number of carbonyl (C=O) groups excluding carboxylic acids is 1. The number of para-hydroxylation sites is 2. The summed E-state index contributed by atoms with van der Waals surface area (Å²) in [4.78, 5) is 30.7. The molecule has 3 heterocycles. The van der Waals surface area contributed by atoms with Crippen molar-refractivity contribution in [3.8, 4) is 11.3 Å². The molecule has 1 aliphatic rings. The van der Waals surface area contributed by atoms with Crippen LogP contribution in [0.1, 0.15) is 20.8 Å². The zero-order valence-corrected chi connectivity index (χ0v) is 19.2. The van der Waals surface area contributed by atoms with Crippen LogP contribution in [0.4, 0.5) is 10.7 Å². The van der Waals surface area contributed by atoms with Gasteiger partial charge in [0.15, 0.2) is 0 Å². The molecule has 2 aromatic carbocycles. The van der Waals surface area contributed by atoms with Crippen molar-refractivity contribution in [2.75, 3.05) is 31.1 Å². The molecule has 0 spiro atoms. The molecular weight excluding hydrogens is 414 g/mol. The number of ether oxygens (including phenoxy) is 1. The van der Waals surface area contributed by atoms with Crippen molar-refractivity contribution >= 4 is 33.8 Å². The minimum Gasteiger partial charge on any atom is -0.444 e. The van der Waals surface area contributed by atoms with Gasteiger partial charge in [0, 0.05) is 48.7 Å². The van der Waals surface area contributed by atoms with E-state index >= 15 is 0 Å². The minimum atomic E-state index is -0.502. The van der Waals surface area contributed by atoms with Crippen LogP contribution in [0, 0.1) is 0 Å². The molecule has 0 N–H and O–H groups in total. The van der Waals surface area contributed by atoms with E-state index < -0.39 is 5.60 Å². The highest BCUT2D eigenvalue weighted by Crippen LogP contribution is 2.30.